The molecule has 0 aliphatic heterocycles. The maximum absolute atomic E-state index is 11.6. The van der Waals surface area contributed by atoms with Gasteiger partial charge in [0.2, 0.25) is 0 Å². The van der Waals surface area contributed by atoms with E-state index in [4.69, 9.17) is 8.92 Å². The van der Waals surface area contributed by atoms with Crippen molar-refractivity contribution in [2.45, 2.75) is 19.8 Å². The summed E-state index contributed by atoms with van der Waals surface area (Å²) >= 11 is 0. The van der Waals surface area contributed by atoms with Gasteiger partial charge in [-0.1, -0.05) is 18.2 Å². The van der Waals surface area contributed by atoms with Crippen LogP contribution in [0.4, 0.5) is 0 Å². The van der Waals surface area contributed by atoms with Crippen LogP contribution in [0.2, 0.25) is 0 Å². The fourth-order valence-corrected chi connectivity index (χ4v) is 1.95. The van der Waals surface area contributed by atoms with Crippen LogP contribution in [-0.2, 0) is 19.6 Å². The predicted octanol–water partition coefficient (Wildman–Crippen LogP) is 1.69. The van der Waals surface area contributed by atoms with Crippen LogP contribution in [0.25, 0.3) is 0 Å². The molecule has 0 amide bonds. The molecular weight excluding hydrogens is 256 g/mol. The molecule has 0 N–H and O–H groups in total. The summed E-state index contributed by atoms with van der Waals surface area (Å²) in [6.45, 7) is 3.63. The van der Waals surface area contributed by atoms with Crippen molar-refractivity contribution in [2.24, 2.45) is 0 Å². The van der Waals surface area contributed by atoms with Gasteiger partial charge in [0.25, 0.3) is 0 Å². The van der Waals surface area contributed by atoms with Crippen molar-refractivity contribution < 1.29 is 22.1 Å². The molecule has 100 valence electrons. The molecular formula is C12H16O5S. The lowest BCUT2D eigenvalue weighted by Gasteiger charge is -2.14. The lowest BCUT2D eigenvalue weighted by atomic mass is 10.0. The molecule has 1 rings (SSSR count). The van der Waals surface area contributed by atoms with Crippen molar-refractivity contribution in [3.05, 3.63) is 29.8 Å². The summed E-state index contributed by atoms with van der Waals surface area (Å²) in [5.74, 6) is -0.842. The van der Waals surface area contributed by atoms with Gasteiger partial charge in [0, 0.05) is 5.56 Å². The SMILES string of the molecule is CCOC(=O)C(C)c1ccccc1OS(C)(=O)=O. The van der Waals surface area contributed by atoms with E-state index in [0.29, 0.717) is 5.56 Å². The van der Waals surface area contributed by atoms with Crippen molar-refractivity contribution in [2.75, 3.05) is 12.9 Å². The number of carbonyl (C=O) groups is 1. The van der Waals surface area contributed by atoms with Gasteiger partial charge in [-0.15, -0.1) is 0 Å². The second kappa shape index (κ2) is 5.86. The summed E-state index contributed by atoms with van der Waals surface area (Å²) in [6, 6.07) is 6.50. The van der Waals surface area contributed by atoms with E-state index in [9.17, 15) is 13.2 Å². The topological polar surface area (TPSA) is 69.7 Å². The molecule has 1 aromatic rings. The molecule has 1 atom stereocenters. The Hall–Kier alpha value is -1.56. The summed E-state index contributed by atoms with van der Waals surface area (Å²) in [4.78, 5) is 11.6. The molecule has 0 radical (unpaired) electrons. The van der Waals surface area contributed by atoms with E-state index in [-0.39, 0.29) is 12.4 Å². The van der Waals surface area contributed by atoms with Crippen molar-refractivity contribution in [3.8, 4) is 5.75 Å². The third-order valence-corrected chi connectivity index (χ3v) is 2.75. The summed E-state index contributed by atoms with van der Waals surface area (Å²) in [7, 11) is -3.62. The number of ether oxygens (including phenoxy) is 1. The van der Waals surface area contributed by atoms with Gasteiger partial charge < -0.3 is 8.92 Å². The third kappa shape index (κ3) is 4.03. The second-order valence-electron chi connectivity index (χ2n) is 3.80. The Bertz CT molecular complexity index is 521. The lowest BCUT2D eigenvalue weighted by Crippen LogP contribution is -2.15. The average Bonchev–Trinajstić information content (AvgIpc) is 2.27. The molecule has 0 fully saturated rings. The van der Waals surface area contributed by atoms with Crippen molar-refractivity contribution in [3.63, 3.8) is 0 Å². The van der Waals surface area contributed by atoms with Gasteiger partial charge in [-0.3, -0.25) is 4.79 Å². The Morgan fingerprint density at radius 1 is 1.33 bits per heavy atom. The highest BCUT2D eigenvalue weighted by Crippen LogP contribution is 2.28. The van der Waals surface area contributed by atoms with Gasteiger partial charge in [-0.25, -0.2) is 0 Å². The fraction of sp³-hybridized carbons (Fsp3) is 0.417. The van der Waals surface area contributed by atoms with Gasteiger partial charge >= 0.3 is 16.1 Å². The highest BCUT2D eigenvalue weighted by molar-refractivity contribution is 7.86. The largest absolute Gasteiger partial charge is 0.466 e. The molecule has 0 heterocycles. The van der Waals surface area contributed by atoms with E-state index in [2.05, 4.69) is 0 Å². The number of hydrogen-bond acceptors (Lipinski definition) is 5. The van der Waals surface area contributed by atoms with E-state index in [1.807, 2.05) is 0 Å². The molecule has 1 aromatic carbocycles. The molecule has 18 heavy (non-hydrogen) atoms. The Kier molecular flexibility index (Phi) is 4.72. The highest BCUT2D eigenvalue weighted by Gasteiger charge is 2.21. The Morgan fingerprint density at radius 2 is 1.94 bits per heavy atom. The third-order valence-electron chi connectivity index (χ3n) is 2.27. The van der Waals surface area contributed by atoms with Crippen LogP contribution in [0.5, 0.6) is 5.75 Å². The molecule has 5 nitrogen and oxygen atoms in total. The first kappa shape index (κ1) is 14.5. The minimum absolute atomic E-state index is 0.153. The lowest BCUT2D eigenvalue weighted by molar-refractivity contribution is -0.144. The molecule has 0 saturated heterocycles. The quantitative estimate of drug-likeness (QED) is 0.602. The van der Waals surface area contributed by atoms with Crippen molar-refractivity contribution >= 4 is 16.1 Å². The van der Waals surface area contributed by atoms with E-state index in [0.717, 1.165) is 6.26 Å². The summed E-state index contributed by atoms with van der Waals surface area (Å²) < 4.78 is 32.0. The standard InChI is InChI=1S/C12H16O5S/c1-4-16-12(13)9(2)10-7-5-6-8-11(10)17-18(3,14)15/h5-9H,4H2,1-3H3. The summed E-state index contributed by atoms with van der Waals surface area (Å²) in [5, 5.41) is 0. The van der Waals surface area contributed by atoms with Crippen LogP contribution in [0.15, 0.2) is 24.3 Å². The maximum atomic E-state index is 11.6. The minimum Gasteiger partial charge on any atom is -0.466 e. The number of esters is 1. The summed E-state index contributed by atoms with van der Waals surface area (Å²) in [6.07, 6.45) is 0.957. The minimum atomic E-state index is -3.62. The molecule has 0 aliphatic rings. The molecule has 0 spiro atoms. The monoisotopic (exact) mass is 272 g/mol. The zero-order chi connectivity index (χ0) is 13.8. The molecule has 0 aliphatic carbocycles. The first-order chi connectivity index (χ1) is 8.35. The van der Waals surface area contributed by atoms with Crippen LogP contribution in [0.3, 0.4) is 0 Å². The molecule has 1 unspecified atom stereocenters. The molecule has 0 bridgehead atoms. The van der Waals surface area contributed by atoms with Gasteiger partial charge in [0.1, 0.15) is 5.75 Å². The molecule has 6 heteroatoms. The zero-order valence-electron chi connectivity index (χ0n) is 10.5. The average molecular weight is 272 g/mol. The molecule has 0 saturated carbocycles. The first-order valence-electron chi connectivity index (χ1n) is 5.50. The zero-order valence-corrected chi connectivity index (χ0v) is 11.4. The van der Waals surface area contributed by atoms with Gasteiger partial charge in [0.15, 0.2) is 0 Å². The van der Waals surface area contributed by atoms with E-state index < -0.39 is 22.0 Å². The first-order valence-corrected chi connectivity index (χ1v) is 7.31. The Morgan fingerprint density at radius 3 is 2.50 bits per heavy atom. The summed E-state index contributed by atoms with van der Waals surface area (Å²) in [5.41, 5.74) is 0.487. The van der Waals surface area contributed by atoms with E-state index in [1.54, 1.807) is 32.0 Å². The second-order valence-corrected chi connectivity index (χ2v) is 5.37. The van der Waals surface area contributed by atoms with Crippen molar-refractivity contribution in [1.29, 1.82) is 0 Å². The van der Waals surface area contributed by atoms with Crippen LogP contribution in [0, 0.1) is 0 Å². The predicted molar refractivity (Wildman–Crippen MR) is 67.0 cm³/mol. The fourth-order valence-electron chi connectivity index (χ4n) is 1.47. The normalized spacial score (nSPS) is 12.8. The van der Waals surface area contributed by atoms with Crippen LogP contribution in [-0.4, -0.2) is 27.2 Å². The van der Waals surface area contributed by atoms with Crippen LogP contribution >= 0.6 is 0 Å². The van der Waals surface area contributed by atoms with Crippen molar-refractivity contribution in [1.82, 2.24) is 0 Å². The Labute approximate surface area is 107 Å². The molecule has 0 aromatic heterocycles. The van der Waals surface area contributed by atoms with Gasteiger partial charge in [-0.05, 0) is 19.9 Å². The number of para-hydroxylation sites is 1. The van der Waals surface area contributed by atoms with E-state index >= 15 is 0 Å². The van der Waals surface area contributed by atoms with E-state index in [1.165, 1.54) is 6.07 Å². The van der Waals surface area contributed by atoms with Gasteiger partial charge in [0.05, 0.1) is 18.8 Å². The van der Waals surface area contributed by atoms with Crippen LogP contribution < -0.4 is 4.18 Å². The number of benzene rings is 1. The Balaban J connectivity index is 3.05. The number of rotatable bonds is 5. The van der Waals surface area contributed by atoms with Gasteiger partial charge in [-0.2, -0.15) is 8.42 Å². The number of hydrogen-bond donors (Lipinski definition) is 0. The highest BCUT2D eigenvalue weighted by atomic mass is 32.2. The maximum Gasteiger partial charge on any atom is 0.313 e. The van der Waals surface area contributed by atoms with Crippen LogP contribution in [0.1, 0.15) is 25.3 Å². The number of carbonyl (C=O) groups excluding carboxylic acids is 1. The smallest absolute Gasteiger partial charge is 0.313 e.